The van der Waals surface area contributed by atoms with E-state index in [1.54, 1.807) is 14.2 Å². The van der Waals surface area contributed by atoms with Gasteiger partial charge in [0.1, 0.15) is 0 Å². The van der Waals surface area contributed by atoms with E-state index in [4.69, 9.17) is 14.2 Å². The molecule has 7 heteroatoms. The molecule has 1 saturated carbocycles. The van der Waals surface area contributed by atoms with Crippen molar-refractivity contribution in [2.45, 2.75) is 51.2 Å². The van der Waals surface area contributed by atoms with Crippen LogP contribution in [0.5, 0.6) is 11.5 Å². The van der Waals surface area contributed by atoms with Crippen LogP contribution in [0.3, 0.4) is 0 Å². The van der Waals surface area contributed by atoms with Gasteiger partial charge in [0.05, 0.1) is 20.3 Å². The monoisotopic (exact) mass is 503 g/mol. The van der Waals surface area contributed by atoms with E-state index in [1.807, 2.05) is 7.05 Å². The molecule has 0 amide bonds. The van der Waals surface area contributed by atoms with E-state index in [0.29, 0.717) is 6.10 Å². The molecule has 2 aliphatic rings. The van der Waals surface area contributed by atoms with E-state index in [0.717, 1.165) is 56.5 Å². The molecule has 6 nitrogen and oxygen atoms in total. The van der Waals surface area contributed by atoms with Crippen molar-refractivity contribution in [2.75, 3.05) is 41.0 Å². The maximum Gasteiger partial charge on any atom is 0.193 e. The molecule has 1 aromatic carbocycles. The highest BCUT2D eigenvalue weighted by Crippen LogP contribution is 2.33. The fourth-order valence-corrected chi connectivity index (χ4v) is 3.97. The number of fused-ring (bicyclic) bond motifs is 1. The van der Waals surface area contributed by atoms with E-state index >= 15 is 0 Å². The average Bonchev–Trinajstić information content (AvgIpc) is 3.22. The van der Waals surface area contributed by atoms with Crippen molar-refractivity contribution >= 4 is 29.9 Å². The van der Waals surface area contributed by atoms with Crippen LogP contribution in [-0.4, -0.2) is 57.9 Å². The van der Waals surface area contributed by atoms with Crippen molar-refractivity contribution in [1.82, 2.24) is 10.2 Å². The van der Waals surface area contributed by atoms with Gasteiger partial charge in [-0.3, -0.25) is 4.99 Å². The molecule has 0 radical (unpaired) electrons. The van der Waals surface area contributed by atoms with Gasteiger partial charge in [0, 0.05) is 33.3 Å². The number of nitrogens with one attached hydrogen (secondary N) is 1. The molecule has 1 heterocycles. The lowest BCUT2D eigenvalue weighted by molar-refractivity contribution is 0.0573. The number of benzene rings is 1. The van der Waals surface area contributed by atoms with Crippen LogP contribution < -0.4 is 14.8 Å². The largest absolute Gasteiger partial charge is 0.493 e. The van der Waals surface area contributed by atoms with Gasteiger partial charge in [0.25, 0.3) is 0 Å². The van der Waals surface area contributed by atoms with Gasteiger partial charge in [0.2, 0.25) is 0 Å². The minimum Gasteiger partial charge on any atom is -0.493 e. The zero-order valence-electron chi connectivity index (χ0n) is 17.3. The third kappa shape index (κ3) is 5.89. The van der Waals surface area contributed by atoms with E-state index < -0.39 is 0 Å². The fourth-order valence-electron chi connectivity index (χ4n) is 3.97. The molecule has 3 rings (SSSR count). The number of halogens is 1. The van der Waals surface area contributed by atoms with Crippen LogP contribution >= 0.6 is 24.0 Å². The second-order valence-electron chi connectivity index (χ2n) is 7.25. The van der Waals surface area contributed by atoms with Gasteiger partial charge in [-0.25, -0.2) is 0 Å². The lowest BCUT2D eigenvalue weighted by Crippen LogP contribution is -2.44. The number of guanidine groups is 1. The highest BCUT2D eigenvalue weighted by atomic mass is 127. The Kier molecular flexibility index (Phi) is 9.64. The van der Waals surface area contributed by atoms with Crippen LogP contribution in [0.2, 0.25) is 0 Å². The third-order valence-corrected chi connectivity index (χ3v) is 5.49. The van der Waals surface area contributed by atoms with Gasteiger partial charge >= 0.3 is 0 Å². The third-order valence-electron chi connectivity index (χ3n) is 5.49. The normalized spacial score (nSPS) is 17.1. The lowest BCUT2D eigenvalue weighted by Gasteiger charge is -2.32. The highest BCUT2D eigenvalue weighted by molar-refractivity contribution is 14.0. The van der Waals surface area contributed by atoms with Crippen LogP contribution in [0.4, 0.5) is 0 Å². The molecule has 1 aliphatic carbocycles. The number of hydrogen-bond donors (Lipinski definition) is 1. The molecule has 0 bridgehead atoms. The van der Waals surface area contributed by atoms with Crippen LogP contribution in [0.25, 0.3) is 0 Å². The second-order valence-corrected chi connectivity index (χ2v) is 7.25. The second kappa shape index (κ2) is 11.7. The minimum atomic E-state index is 0. The van der Waals surface area contributed by atoms with Crippen LogP contribution in [0, 0.1) is 0 Å². The van der Waals surface area contributed by atoms with Crippen molar-refractivity contribution in [3.8, 4) is 11.5 Å². The molecule has 158 valence electrons. The first kappa shape index (κ1) is 23.1. The summed E-state index contributed by atoms with van der Waals surface area (Å²) in [4.78, 5) is 6.77. The van der Waals surface area contributed by atoms with E-state index in [2.05, 4.69) is 27.3 Å². The Balaban J connectivity index is 0.00000280. The van der Waals surface area contributed by atoms with Crippen molar-refractivity contribution in [1.29, 1.82) is 0 Å². The van der Waals surface area contributed by atoms with Gasteiger partial charge in [0.15, 0.2) is 17.5 Å². The van der Waals surface area contributed by atoms with Crippen LogP contribution in [0.1, 0.15) is 43.2 Å². The molecule has 0 aromatic heterocycles. The Labute approximate surface area is 186 Å². The number of nitrogens with zero attached hydrogens (tertiary/aromatic N) is 2. The Hall–Kier alpha value is -1.22. The summed E-state index contributed by atoms with van der Waals surface area (Å²) in [6, 6.07) is 4.19. The molecule has 0 spiro atoms. The maximum absolute atomic E-state index is 5.94. The molecule has 28 heavy (non-hydrogen) atoms. The van der Waals surface area contributed by atoms with Crippen LogP contribution in [0.15, 0.2) is 17.1 Å². The van der Waals surface area contributed by atoms with E-state index in [9.17, 15) is 0 Å². The molecule has 0 unspecified atom stereocenters. The van der Waals surface area contributed by atoms with Gasteiger partial charge in [-0.1, -0.05) is 12.8 Å². The van der Waals surface area contributed by atoms with E-state index in [-0.39, 0.29) is 24.0 Å². The molecule has 1 aromatic rings. The quantitative estimate of drug-likeness (QED) is 0.267. The van der Waals surface area contributed by atoms with Gasteiger partial charge in [-0.2, -0.15) is 0 Å². The zero-order chi connectivity index (χ0) is 19.1. The molecule has 0 saturated heterocycles. The lowest BCUT2D eigenvalue weighted by atomic mass is 9.99. The van der Waals surface area contributed by atoms with Gasteiger partial charge < -0.3 is 24.4 Å². The summed E-state index contributed by atoms with van der Waals surface area (Å²) in [5.74, 6) is 2.54. The summed E-state index contributed by atoms with van der Waals surface area (Å²) in [6.07, 6.45) is 7.58. The Morgan fingerprint density at radius 3 is 2.46 bits per heavy atom. The first-order chi connectivity index (χ1) is 13.2. The van der Waals surface area contributed by atoms with Crippen molar-refractivity contribution < 1.29 is 14.2 Å². The van der Waals surface area contributed by atoms with Crippen molar-refractivity contribution in [3.63, 3.8) is 0 Å². The Bertz CT molecular complexity index is 648. The smallest absolute Gasteiger partial charge is 0.193 e. The summed E-state index contributed by atoms with van der Waals surface area (Å²) < 4.78 is 16.8. The summed E-state index contributed by atoms with van der Waals surface area (Å²) in [5, 5.41) is 3.49. The van der Waals surface area contributed by atoms with E-state index in [1.165, 1.54) is 36.8 Å². The topological polar surface area (TPSA) is 55.3 Å². The zero-order valence-corrected chi connectivity index (χ0v) is 19.7. The number of ether oxygens (including phenoxy) is 3. The van der Waals surface area contributed by atoms with Gasteiger partial charge in [-0.05, 0) is 48.9 Å². The Morgan fingerprint density at radius 2 is 1.82 bits per heavy atom. The average molecular weight is 503 g/mol. The maximum atomic E-state index is 5.94. The highest BCUT2D eigenvalue weighted by Gasteiger charge is 2.21. The van der Waals surface area contributed by atoms with Crippen molar-refractivity contribution in [2.24, 2.45) is 4.99 Å². The Morgan fingerprint density at radius 1 is 1.14 bits per heavy atom. The summed E-state index contributed by atoms with van der Waals surface area (Å²) in [7, 11) is 5.21. The number of methoxy groups -OCH3 is 2. The molecular formula is C21H34IN3O3. The predicted molar refractivity (Wildman–Crippen MR) is 123 cm³/mol. The molecule has 1 N–H and O–H groups in total. The predicted octanol–water partition coefficient (Wildman–Crippen LogP) is 3.60. The number of aliphatic imine (C=N–C) groups is 1. The number of rotatable bonds is 7. The summed E-state index contributed by atoms with van der Waals surface area (Å²) in [5.41, 5.74) is 2.59. The molecule has 1 fully saturated rings. The first-order valence-corrected chi connectivity index (χ1v) is 10.1. The van der Waals surface area contributed by atoms with Crippen LogP contribution in [-0.2, 0) is 17.7 Å². The SMILES string of the molecule is CN=C(NCCCOC1CCCC1)N1CCc2cc(OC)c(OC)cc2C1.I. The minimum absolute atomic E-state index is 0. The molecule has 1 aliphatic heterocycles. The first-order valence-electron chi connectivity index (χ1n) is 10.1. The molecule has 0 atom stereocenters. The molecular weight excluding hydrogens is 469 g/mol. The standard InChI is InChI=1S/C21H33N3O3.HI/c1-22-21(23-10-6-12-27-18-7-4-5-8-18)24-11-9-16-13-19(25-2)20(26-3)14-17(16)15-24;/h13-14,18H,4-12,15H2,1-3H3,(H,22,23);1H. The van der Waals surface area contributed by atoms with Gasteiger partial charge in [-0.15, -0.1) is 24.0 Å². The summed E-state index contributed by atoms with van der Waals surface area (Å²) >= 11 is 0. The summed E-state index contributed by atoms with van der Waals surface area (Å²) in [6.45, 7) is 3.48. The number of hydrogen-bond acceptors (Lipinski definition) is 4. The fraction of sp³-hybridized carbons (Fsp3) is 0.667. The van der Waals surface area contributed by atoms with Crippen molar-refractivity contribution in [3.05, 3.63) is 23.3 Å².